The first kappa shape index (κ1) is 17.4. The molecule has 5 nitrogen and oxygen atoms in total. The van der Waals surface area contributed by atoms with Crippen LogP contribution in [0.15, 0.2) is 30.3 Å². The molecular formula is C19H28N2O3. The molecule has 2 saturated heterocycles. The molecule has 0 saturated carbocycles. The Morgan fingerprint density at radius 3 is 2.79 bits per heavy atom. The van der Waals surface area contributed by atoms with Crippen LogP contribution in [0, 0.1) is 0 Å². The van der Waals surface area contributed by atoms with Crippen molar-refractivity contribution in [1.29, 1.82) is 0 Å². The summed E-state index contributed by atoms with van der Waals surface area (Å²) in [4.78, 5) is 17.2. The highest BCUT2D eigenvalue weighted by atomic mass is 16.6. The zero-order valence-electron chi connectivity index (χ0n) is 14.7. The maximum atomic E-state index is 12.8. The Balaban J connectivity index is 1.61. The van der Waals surface area contributed by atoms with Crippen molar-refractivity contribution >= 4 is 5.91 Å². The second-order valence-electron chi connectivity index (χ2n) is 6.58. The predicted molar refractivity (Wildman–Crippen MR) is 92.8 cm³/mol. The van der Waals surface area contributed by atoms with Gasteiger partial charge in [0.2, 0.25) is 0 Å². The van der Waals surface area contributed by atoms with Gasteiger partial charge < -0.3 is 14.4 Å². The normalized spacial score (nSPS) is 26.2. The van der Waals surface area contributed by atoms with Gasteiger partial charge in [0.25, 0.3) is 5.91 Å². The van der Waals surface area contributed by atoms with Gasteiger partial charge in [-0.05, 0) is 25.8 Å². The fraction of sp³-hybridized carbons (Fsp3) is 0.632. The van der Waals surface area contributed by atoms with Crippen LogP contribution < -0.4 is 0 Å². The maximum absolute atomic E-state index is 12.8. The Morgan fingerprint density at radius 2 is 2.12 bits per heavy atom. The van der Waals surface area contributed by atoms with Crippen molar-refractivity contribution in [2.45, 2.75) is 38.5 Å². The van der Waals surface area contributed by atoms with E-state index in [1.165, 1.54) is 5.56 Å². The minimum absolute atomic E-state index is 0.0800. The van der Waals surface area contributed by atoms with Crippen molar-refractivity contribution in [3.8, 4) is 0 Å². The molecule has 0 spiro atoms. The van der Waals surface area contributed by atoms with Gasteiger partial charge in [0.05, 0.1) is 19.8 Å². The van der Waals surface area contributed by atoms with Crippen molar-refractivity contribution in [3.63, 3.8) is 0 Å². The molecule has 0 aliphatic carbocycles. The van der Waals surface area contributed by atoms with Gasteiger partial charge in [0, 0.05) is 31.7 Å². The summed E-state index contributed by atoms with van der Waals surface area (Å²) >= 11 is 0. The second-order valence-corrected chi connectivity index (χ2v) is 6.58. The van der Waals surface area contributed by atoms with E-state index in [1.54, 1.807) is 0 Å². The molecule has 5 heteroatoms. The highest BCUT2D eigenvalue weighted by molar-refractivity contribution is 5.81. The molecule has 2 aliphatic rings. The van der Waals surface area contributed by atoms with E-state index in [0.717, 1.165) is 26.1 Å². The fourth-order valence-electron chi connectivity index (χ4n) is 3.73. The third-order valence-electron chi connectivity index (χ3n) is 5.18. The molecule has 132 valence electrons. The van der Waals surface area contributed by atoms with Gasteiger partial charge in [-0.2, -0.15) is 0 Å². The van der Waals surface area contributed by atoms with Gasteiger partial charge in [0.1, 0.15) is 0 Å². The van der Waals surface area contributed by atoms with Gasteiger partial charge in [0.15, 0.2) is 6.10 Å². The molecule has 1 aromatic carbocycles. The Kier molecular flexibility index (Phi) is 5.87. The molecule has 3 rings (SSSR count). The summed E-state index contributed by atoms with van der Waals surface area (Å²) in [7, 11) is 0. The number of hydrogen-bond donors (Lipinski definition) is 0. The summed E-state index contributed by atoms with van der Waals surface area (Å²) in [5, 5.41) is 0. The van der Waals surface area contributed by atoms with Crippen LogP contribution >= 0.6 is 0 Å². The topological polar surface area (TPSA) is 42.0 Å². The fourth-order valence-corrected chi connectivity index (χ4v) is 3.73. The van der Waals surface area contributed by atoms with Crippen LogP contribution in [0.1, 0.15) is 31.9 Å². The van der Waals surface area contributed by atoms with Crippen LogP contribution in [0.25, 0.3) is 0 Å². The van der Waals surface area contributed by atoms with Crippen LogP contribution in [-0.2, 0) is 14.3 Å². The number of carbonyl (C=O) groups excluding carboxylic acids is 1. The number of benzene rings is 1. The monoisotopic (exact) mass is 332 g/mol. The third kappa shape index (κ3) is 3.79. The quantitative estimate of drug-likeness (QED) is 0.828. The van der Waals surface area contributed by atoms with Crippen LogP contribution in [0.3, 0.4) is 0 Å². The molecule has 1 aromatic rings. The lowest BCUT2D eigenvalue weighted by atomic mass is 10.1. The smallest absolute Gasteiger partial charge is 0.254 e. The first-order valence-electron chi connectivity index (χ1n) is 8.99. The molecule has 24 heavy (non-hydrogen) atoms. The summed E-state index contributed by atoms with van der Waals surface area (Å²) in [5.41, 5.74) is 1.33. The summed E-state index contributed by atoms with van der Waals surface area (Å²) < 4.78 is 11.0. The molecule has 0 aromatic heterocycles. The third-order valence-corrected chi connectivity index (χ3v) is 5.18. The first-order chi connectivity index (χ1) is 11.7. The maximum Gasteiger partial charge on any atom is 0.254 e. The van der Waals surface area contributed by atoms with E-state index in [-0.39, 0.29) is 11.9 Å². The molecule has 2 heterocycles. The van der Waals surface area contributed by atoms with E-state index in [2.05, 4.69) is 36.1 Å². The minimum atomic E-state index is -0.431. The van der Waals surface area contributed by atoms with Gasteiger partial charge in [-0.15, -0.1) is 0 Å². The number of amides is 1. The van der Waals surface area contributed by atoms with Crippen molar-refractivity contribution in [2.75, 3.05) is 39.5 Å². The Morgan fingerprint density at radius 1 is 1.33 bits per heavy atom. The lowest BCUT2D eigenvalue weighted by Crippen LogP contribution is -2.50. The Hall–Kier alpha value is -1.43. The van der Waals surface area contributed by atoms with Crippen molar-refractivity contribution in [1.82, 2.24) is 9.80 Å². The highest BCUT2D eigenvalue weighted by Crippen LogP contribution is 2.27. The zero-order chi connectivity index (χ0) is 16.9. The van der Waals surface area contributed by atoms with Crippen molar-refractivity contribution < 1.29 is 14.3 Å². The molecule has 0 N–H and O–H groups in total. The predicted octanol–water partition coefficient (Wildman–Crippen LogP) is 2.09. The number of likely N-dealkylation sites (N-methyl/N-ethyl adjacent to an activating group) is 1. The number of ether oxygens (including phenoxy) is 2. The van der Waals surface area contributed by atoms with E-state index < -0.39 is 6.10 Å². The lowest BCUT2D eigenvalue weighted by Gasteiger charge is -2.33. The first-order valence-corrected chi connectivity index (χ1v) is 8.99. The van der Waals surface area contributed by atoms with Gasteiger partial charge in [-0.1, -0.05) is 30.3 Å². The Bertz CT molecular complexity index is 531. The van der Waals surface area contributed by atoms with Crippen molar-refractivity contribution in [3.05, 3.63) is 35.9 Å². The zero-order valence-corrected chi connectivity index (χ0v) is 14.7. The summed E-state index contributed by atoms with van der Waals surface area (Å²) in [5.74, 6) is 0.0800. The molecule has 2 fully saturated rings. The van der Waals surface area contributed by atoms with E-state index in [0.29, 0.717) is 25.9 Å². The SMILES string of the molecule is CCN(C(=O)C1COCCO1)C1CCN(C(C)c2ccccc2)C1. The van der Waals surface area contributed by atoms with Crippen LogP contribution in [-0.4, -0.2) is 67.3 Å². The number of carbonyl (C=O) groups is 1. The second kappa shape index (κ2) is 8.10. The Labute approximate surface area is 144 Å². The van der Waals surface area contributed by atoms with Gasteiger partial charge in [-0.3, -0.25) is 9.69 Å². The molecule has 3 unspecified atom stereocenters. The van der Waals surface area contributed by atoms with Crippen LogP contribution in [0.5, 0.6) is 0 Å². The number of nitrogens with zero attached hydrogens (tertiary/aromatic N) is 2. The van der Waals surface area contributed by atoms with Gasteiger partial charge >= 0.3 is 0 Å². The molecule has 1 amide bonds. The lowest BCUT2D eigenvalue weighted by molar-refractivity contribution is -0.159. The van der Waals surface area contributed by atoms with Crippen molar-refractivity contribution in [2.24, 2.45) is 0 Å². The molecule has 2 aliphatic heterocycles. The standard InChI is InChI=1S/C19H28N2O3/c1-3-21(19(22)18-14-23-11-12-24-18)17-9-10-20(13-17)15(2)16-7-5-4-6-8-16/h4-8,15,17-18H,3,9-14H2,1-2H3. The molecule has 0 bridgehead atoms. The average Bonchev–Trinajstić information content (AvgIpc) is 3.13. The molecule has 0 radical (unpaired) electrons. The summed E-state index contributed by atoms with van der Waals surface area (Å²) in [6.45, 7) is 8.43. The summed E-state index contributed by atoms with van der Waals surface area (Å²) in [6, 6.07) is 11.2. The van der Waals surface area contributed by atoms with E-state index in [9.17, 15) is 4.79 Å². The van der Waals surface area contributed by atoms with Gasteiger partial charge in [-0.25, -0.2) is 0 Å². The minimum Gasteiger partial charge on any atom is -0.376 e. The largest absolute Gasteiger partial charge is 0.376 e. The number of rotatable bonds is 5. The average molecular weight is 332 g/mol. The van der Waals surface area contributed by atoms with Crippen LogP contribution in [0.2, 0.25) is 0 Å². The van der Waals surface area contributed by atoms with E-state index >= 15 is 0 Å². The van der Waals surface area contributed by atoms with Crippen LogP contribution in [0.4, 0.5) is 0 Å². The summed E-state index contributed by atoms with van der Waals surface area (Å²) in [6.07, 6.45) is 0.587. The highest BCUT2D eigenvalue weighted by Gasteiger charge is 2.35. The van der Waals surface area contributed by atoms with E-state index in [1.807, 2.05) is 17.9 Å². The molecule has 3 atom stereocenters. The number of likely N-dealkylation sites (tertiary alicyclic amines) is 1. The molecular weight excluding hydrogens is 304 g/mol. The van der Waals surface area contributed by atoms with E-state index in [4.69, 9.17) is 9.47 Å². The number of hydrogen-bond acceptors (Lipinski definition) is 4.